The molecule has 1 atom stereocenters. The molecule has 0 aliphatic heterocycles. The standard InChI is InChI=1S/C7H14O2S2/c8-7(9)6(5-11)3-1-2-4-10/h6,10-11H,1-5H2,(H,8,9). The van der Waals surface area contributed by atoms with Gasteiger partial charge in [0.2, 0.25) is 0 Å². The summed E-state index contributed by atoms with van der Waals surface area (Å²) < 4.78 is 0. The van der Waals surface area contributed by atoms with Crippen molar-refractivity contribution in [1.82, 2.24) is 0 Å². The number of hydrogen-bond donors (Lipinski definition) is 3. The average molecular weight is 194 g/mol. The number of aliphatic carboxylic acids is 1. The molecule has 0 saturated heterocycles. The predicted molar refractivity (Wildman–Crippen MR) is 52.7 cm³/mol. The molecule has 0 aliphatic carbocycles. The number of carbonyl (C=O) groups is 1. The minimum absolute atomic E-state index is 0.279. The third-order valence-corrected chi connectivity index (χ3v) is 2.29. The number of thiol groups is 2. The van der Waals surface area contributed by atoms with Crippen LogP contribution in [0.4, 0.5) is 0 Å². The van der Waals surface area contributed by atoms with Crippen molar-refractivity contribution in [2.24, 2.45) is 5.92 Å². The molecule has 0 amide bonds. The van der Waals surface area contributed by atoms with Crippen LogP contribution in [0.5, 0.6) is 0 Å². The molecule has 66 valence electrons. The van der Waals surface area contributed by atoms with Crippen LogP contribution in [0.3, 0.4) is 0 Å². The highest BCUT2D eigenvalue weighted by Crippen LogP contribution is 2.10. The number of hydrogen-bond acceptors (Lipinski definition) is 3. The minimum atomic E-state index is -0.737. The van der Waals surface area contributed by atoms with Gasteiger partial charge in [-0.1, -0.05) is 6.42 Å². The van der Waals surface area contributed by atoms with Gasteiger partial charge in [-0.3, -0.25) is 4.79 Å². The highest BCUT2D eigenvalue weighted by molar-refractivity contribution is 7.80. The van der Waals surface area contributed by atoms with Crippen LogP contribution in [-0.2, 0) is 4.79 Å². The van der Waals surface area contributed by atoms with E-state index in [9.17, 15) is 4.79 Å². The molecule has 0 rings (SSSR count). The number of unbranched alkanes of at least 4 members (excludes halogenated alkanes) is 1. The van der Waals surface area contributed by atoms with E-state index in [0.717, 1.165) is 25.0 Å². The van der Waals surface area contributed by atoms with Gasteiger partial charge < -0.3 is 5.11 Å². The molecule has 0 fully saturated rings. The number of rotatable bonds is 6. The fraction of sp³-hybridized carbons (Fsp3) is 0.857. The molecule has 0 heterocycles. The van der Waals surface area contributed by atoms with Gasteiger partial charge in [0, 0.05) is 5.75 Å². The number of carboxylic acids is 1. The van der Waals surface area contributed by atoms with E-state index < -0.39 is 5.97 Å². The van der Waals surface area contributed by atoms with Crippen molar-refractivity contribution >= 4 is 31.2 Å². The monoisotopic (exact) mass is 194 g/mol. The van der Waals surface area contributed by atoms with Gasteiger partial charge in [-0.25, -0.2) is 0 Å². The second-order valence-corrected chi connectivity index (χ2v) is 3.25. The topological polar surface area (TPSA) is 37.3 Å². The van der Waals surface area contributed by atoms with E-state index in [1.807, 2.05) is 0 Å². The zero-order chi connectivity index (χ0) is 8.69. The van der Waals surface area contributed by atoms with Crippen LogP contribution in [0.1, 0.15) is 19.3 Å². The Morgan fingerprint density at radius 1 is 1.36 bits per heavy atom. The first-order chi connectivity index (χ1) is 5.22. The maximum atomic E-state index is 10.5. The minimum Gasteiger partial charge on any atom is -0.481 e. The molecule has 2 nitrogen and oxygen atoms in total. The maximum absolute atomic E-state index is 10.5. The molecule has 1 unspecified atom stereocenters. The van der Waals surface area contributed by atoms with E-state index in [0.29, 0.717) is 5.75 Å². The summed E-state index contributed by atoms with van der Waals surface area (Å²) in [4.78, 5) is 10.5. The first-order valence-electron chi connectivity index (χ1n) is 3.67. The maximum Gasteiger partial charge on any atom is 0.307 e. The molecule has 0 aliphatic rings. The summed E-state index contributed by atoms with van der Waals surface area (Å²) in [5, 5.41) is 8.60. The van der Waals surface area contributed by atoms with Gasteiger partial charge in [-0.05, 0) is 18.6 Å². The van der Waals surface area contributed by atoms with Gasteiger partial charge in [0.15, 0.2) is 0 Å². The van der Waals surface area contributed by atoms with Crippen molar-refractivity contribution in [1.29, 1.82) is 0 Å². The molecule has 0 spiro atoms. The molecule has 1 N–H and O–H groups in total. The number of carboxylic acid groups (broad SMARTS) is 1. The lowest BCUT2D eigenvalue weighted by molar-refractivity contribution is -0.141. The van der Waals surface area contributed by atoms with E-state index in [4.69, 9.17) is 5.11 Å². The Bertz CT molecular complexity index is 117. The van der Waals surface area contributed by atoms with Gasteiger partial charge in [-0.2, -0.15) is 25.3 Å². The molecule has 0 radical (unpaired) electrons. The van der Waals surface area contributed by atoms with Gasteiger partial charge in [-0.15, -0.1) is 0 Å². The largest absolute Gasteiger partial charge is 0.481 e. The summed E-state index contributed by atoms with van der Waals surface area (Å²) in [6.45, 7) is 0. The quantitative estimate of drug-likeness (QED) is 0.445. The van der Waals surface area contributed by atoms with Gasteiger partial charge >= 0.3 is 5.97 Å². The fourth-order valence-corrected chi connectivity index (χ4v) is 1.36. The molecule has 0 aromatic rings. The zero-order valence-electron chi connectivity index (χ0n) is 6.36. The van der Waals surface area contributed by atoms with Crippen molar-refractivity contribution in [3.05, 3.63) is 0 Å². The summed E-state index contributed by atoms with van der Waals surface area (Å²) in [6, 6.07) is 0. The summed E-state index contributed by atoms with van der Waals surface area (Å²) >= 11 is 7.99. The molecule has 0 aromatic heterocycles. The summed E-state index contributed by atoms with van der Waals surface area (Å²) in [7, 11) is 0. The normalized spacial score (nSPS) is 12.9. The third kappa shape index (κ3) is 5.44. The highest BCUT2D eigenvalue weighted by Gasteiger charge is 2.13. The molecule has 0 bridgehead atoms. The fourth-order valence-electron chi connectivity index (χ4n) is 0.795. The molecule has 0 saturated carbocycles. The second-order valence-electron chi connectivity index (χ2n) is 2.44. The van der Waals surface area contributed by atoms with Crippen LogP contribution in [0.25, 0.3) is 0 Å². The van der Waals surface area contributed by atoms with Crippen molar-refractivity contribution in [3.63, 3.8) is 0 Å². The van der Waals surface area contributed by atoms with Crippen LogP contribution in [0, 0.1) is 5.92 Å². The van der Waals surface area contributed by atoms with E-state index in [1.165, 1.54) is 0 Å². The SMILES string of the molecule is O=C(O)C(CS)CCCCS. The van der Waals surface area contributed by atoms with E-state index in [1.54, 1.807) is 0 Å². The van der Waals surface area contributed by atoms with Gasteiger partial charge in [0.1, 0.15) is 0 Å². The highest BCUT2D eigenvalue weighted by atomic mass is 32.1. The molecular formula is C7H14O2S2. The Balaban J connectivity index is 3.44. The van der Waals surface area contributed by atoms with Crippen LogP contribution in [0.2, 0.25) is 0 Å². The molecule has 0 aromatic carbocycles. The summed E-state index contributed by atoms with van der Waals surface area (Å²) in [5.41, 5.74) is 0. The molecule has 4 heteroatoms. The second kappa shape index (κ2) is 6.85. The van der Waals surface area contributed by atoms with Gasteiger partial charge in [0.05, 0.1) is 5.92 Å². The Kier molecular flexibility index (Phi) is 6.96. The van der Waals surface area contributed by atoms with Crippen molar-refractivity contribution in [3.8, 4) is 0 Å². The zero-order valence-corrected chi connectivity index (χ0v) is 8.15. The van der Waals surface area contributed by atoms with Crippen molar-refractivity contribution in [2.75, 3.05) is 11.5 Å². The first-order valence-corrected chi connectivity index (χ1v) is 4.93. The van der Waals surface area contributed by atoms with Gasteiger partial charge in [0.25, 0.3) is 0 Å². The summed E-state index contributed by atoms with van der Waals surface area (Å²) in [5.74, 6) is 0.248. The summed E-state index contributed by atoms with van der Waals surface area (Å²) in [6.07, 6.45) is 2.64. The third-order valence-electron chi connectivity index (χ3n) is 1.53. The lowest BCUT2D eigenvalue weighted by atomic mass is 10.1. The Labute approximate surface area is 78.2 Å². The lowest BCUT2D eigenvalue weighted by Crippen LogP contribution is -2.15. The van der Waals surface area contributed by atoms with Crippen molar-refractivity contribution in [2.45, 2.75) is 19.3 Å². The van der Waals surface area contributed by atoms with E-state index in [-0.39, 0.29) is 5.92 Å². The molecular weight excluding hydrogens is 180 g/mol. The average Bonchev–Trinajstić information content (AvgIpc) is 1.97. The lowest BCUT2D eigenvalue weighted by Gasteiger charge is -2.07. The van der Waals surface area contributed by atoms with Crippen LogP contribution in [-0.4, -0.2) is 22.6 Å². The van der Waals surface area contributed by atoms with E-state index >= 15 is 0 Å². The van der Waals surface area contributed by atoms with Crippen LogP contribution in [0.15, 0.2) is 0 Å². The van der Waals surface area contributed by atoms with Crippen molar-refractivity contribution < 1.29 is 9.90 Å². The van der Waals surface area contributed by atoms with E-state index in [2.05, 4.69) is 25.3 Å². The van der Waals surface area contributed by atoms with Crippen LogP contribution >= 0.6 is 25.3 Å². The Morgan fingerprint density at radius 3 is 2.36 bits per heavy atom. The van der Waals surface area contributed by atoms with Crippen LogP contribution < -0.4 is 0 Å². The first kappa shape index (κ1) is 11.2. The molecule has 11 heavy (non-hydrogen) atoms. The predicted octanol–water partition coefficient (Wildman–Crippen LogP) is 1.72. The Hall–Kier alpha value is 0.170. The Morgan fingerprint density at radius 2 is 2.00 bits per heavy atom. The smallest absolute Gasteiger partial charge is 0.307 e.